The molecule has 148 valence electrons. The van der Waals surface area contributed by atoms with Crippen molar-refractivity contribution < 1.29 is 19.7 Å². The van der Waals surface area contributed by atoms with E-state index in [-0.39, 0.29) is 6.04 Å². The van der Waals surface area contributed by atoms with Crippen LogP contribution in [-0.4, -0.2) is 15.1 Å². The first-order chi connectivity index (χ1) is 13.3. The van der Waals surface area contributed by atoms with Crippen LogP contribution in [0.25, 0.3) is 0 Å². The molecule has 0 unspecified atom stereocenters. The molecule has 0 aliphatic rings. The molecule has 0 aromatic heterocycles. The first-order valence-electron chi connectivity index (χ1n) is 8.92. The van der Waals surface area contributed by atoms with E-state index in [4.69, 9.17) is 5.73 Å². The summed E-state index contributed by atoms with van der Waals surface area (Å²) in [5.41, 5.74) is 7.42. The highest BCUT2D eigenvalue weighted by Gasteiger charge is 2.38. The van der Waals surface area contributed by atoms with E-state index in [1.807, 2.05) is 37.3 Å². The van der Waals surface area contributed by atoms with E-state index in [9.17, 15) is 19.7 Å². The molecule has 0 heterocycles. The summed E-state index contributed by atoms with van der Waals surface area (Å²) >= 11 is 0. The zero-order valence-corrected chi connectivity index (χ0v) is 16.6. The van der Waals surface area contributed by atoms with Gasteiger partial charge in [0.15, 0.2) is 11.7 Å². The van der Waals surface area contributed by atoms with Gasteiger partial charge in [-0.25, -0.2) is 0 Å². The minimum absolute atomic E-state index is 0.159. The van der Waals surface area contributed by atoms with Gasteiger partial charge < -0.3 is 20.8 Å². The number of aliphatic hydroxyl groups excluding tert-OH is 2. The summed E-state index contributed by atoms with van der Waals surface area (Å²) < 4.78 is 12.3. The molecule has 0 spiro atoms. The third-order valence-electron chi connectivity index (χ3n) is 4.22. The van der Waals surface area contributed by atoms with Gasteiger partial charge in [-0.2, -0.15) is 0 Å². The zero-order chi connectivity index (χ0) is 20.6. The maximum atomic E-state index is 12.3. The second-order valence-electron chi connectivity index (χ2n) is 6.44. The van der Waals surface area contributed by atoms with E-state index in [0.29, 0.717) is 11.1 Å². The normalized spacial score (nSPS) is 14.3. The third-order valence-corrected chi connectivity index (χ3v) is 6.22. The smallest absolute Gasteiger partial charge is 0.264 e. The van der Waals surface area contributed by atoms with Crippen molar-refractivity contribution in [2.45, 2.75) is 24.7 Å². The molecule has 3 atom stereocenters. The van der Waals surface area contributed by atoms with Crippen LogP contribution in [0.2, 0.25) is 0 Å². The Morgan fingerprint density at radius 1 is 0.679 bits per heavy atom. The Kier molecular flexibility index (Phi) is 8.12. The van der Waals surface area contributed by atoms with Crippen LogP contribution in [0, 0.1) is 0 Å². The Morgan fingerprint density at radius 2 is 0.964 bits per heavy atom. The van der Waals surface area contributed by atoms with Gasteiger partial charge in [-0.3, -0.25) is 4.57 Å². The molecule has 0 aliphatic carbocycles. The Hall–Kier alpha value is -2.27. The van der Waals surface area contributed by atoms with Crippen LogP contribution >= 0.6 is 7.37 Å². The van der Waals surface area contributed by atoms with Crippen molar-refractivity contribution in [3.8, 4) is 0 Å². The SMILES string of the molecule is C[C@H](N)c1ccccc1.O=P(O)([C@@H](O)c1ccccc1)[C@@H](O)c1ccccc1. The summed E-state index contributed by atoms with van der Waals surface area (Å²) in [5, 5.41) is 20.0. The topological polar surface area (TPSA) is 104 Å². The fourth-order valence-corrected chi connectivity index (χ4v) is 4.03. The summed E-state index contributed by atoms with van der Waals surface area (Å²) in [6.45, 7) is 1.98. The lowest BCUT2D eigenvalue weighted by Crippen LogP contribution is -2.07. The lowest BCUT2D eigenvalue weighted by molar-refractivity contribution is 0.186. The molecule has 0 aliphatic heterocycles. The van der Waals surface area contributed by atoms with Crippen molar-refractivity contribution in [1.82, 2.24) is 0 Å². The lowest BCUT2D eigenvalue weighted by Gasteiger charge is -2.23. The molecule has 6 heteroatoms. The van der Waals surface area contributed by atoms with E-state index in [1.54, 1.807) is 60.7 Å². The van der Waals surface area contributed by atoms with Crippen molar-refractivity contribution in [2.24, 2.45) is 5.73 Å². The summed E-state index contributed by atoms with van der Waals surface area (Å²) in [4.78, 5) is 10.0. The molecule has 3 aromatic carbocycles. The van der Waals surface area contributed by atoms with E-state index < -0.39 is 19.1 Å². The lowest BCUT2D eigenvalue weighted by atomic mass is 10.1. The molecule has 0 radical (unpaired) electrons. The van der Waals surface area contributed by atoms with Crippen molar-refractivity contribution in [1.29, 1.82) is 0 Å². The molecule has 0 fully saturated rings. The predicted octanol–water partition coefficient (Wildman–Crippen LogP) is 4.35. The Bertz CT molecular complexity index is 823. The zero-order valence-electron chi connectivity index (χ0n) is 15.7. The highest BCUT2D eigenvalue weighted by Crippen LogP contribution is 2.63. The molecular formula is C22H26NO4P. The maximum Gasteiger partial charge on any atom is 0.264 e. The van der Waals surface area contributed by atoms with Crippen molar-refractivity contribution >= 4 is 7.37 Å². The first kappa shape index (κ1) is 22.0. The average Bonchev–Trinajstić information content (AvgIpc) is 2.75. The minimum atomic E-state index is -4.21. The minimum Gasteiger partial charge on any atom is -0.378 e. The fourth-order valence-electron chi connectivity index (χ4n) is 2.57. The second kappa shape index (κ2) is 10.3. The van der Waals surface area contributed by atoms with Gasteiger partial charge in [0, 0.05) is 6.04 Å². The first-order valence-corrected chi connectivity index (χ1v) is 10.7. The van der Waals surface area contributed by atoms with Gasteiger partial charge in [0.05, 0.1) is 0 Å². The monoisotopic (exact) mass is 399 g/mol. The number of hydrogen-bond acceptors (Lipinski definition) is 4. The molecule has 0 saturated heterocycles. The van der Waals surface area contributed by atoms with Gasteiger partial charge in [0.2, 0.25) is 0 Å². The molecular weight excluding hydrogens is 373 g/mol. The van der Waals surface area contributed by atoms with Crippen molar-refractivity contribution in [3.05, 3.63) is 108 Å². The van der Waals surface area contributed by atoms with Gasteiger partial charge in [0.25, 0.3) is 7.37 Å². The number of rotatable bonds is 5. The number of hydrogen-bond donors (Lipinski definition) is 4. The predicted molar refractivity (Wildman–Crippen MR) is 112 cm³/mol. The van der Waals surface area contributed by atoms with E-state index >= 15 is 0 Å². The maximum absolute atomic E-state index is 12.3. The van der Waals surface area contributed by atoms with Gasteiger partial charge in [-0.15, -0.1) is 0 Å². The average molecular weight is 399 g/mol. The number of benzene rings is 3. The number of aliphatic hydroxyl groups is 2. The van der Waals surface area contributed by atoms with Gasteiger partial charge in [-0.05, 0) is 23.6 Å². The fraction of sp³-hybridized carbons (Fsp3) is 0.182. The molecule has 0 bridgehead atoms. The molecule has 5 nitrogen and oxygen atoms in total. The summed E-state index contributed by atoms with van der Waals surface area (Å²) in [6, 6.07) is 26.5. The van der Waals surface area contributed by atoms with Crippen molar-refractivity contribution in [3.63, 3.8) is 0 Å². The quantitative estimate of drug-likeness (QED) is 0.478. The third kappa shape index (κ3) is 5.86. The number of nitrogens with two attached hydrogens (primary N) is 1. The van der Waals surface area contributed by atoms with E-state index in [1.165, 1.54) is 5.56 Å². The largest absolute Gasteiger partial charge is 0.378 e. The van der Waals surface area contributed by atoms with Crippen LogP contribution in [0.3, 0.4) is 0 Å². The highest BCUT2D eigenvalue weighted by atomic mass is 31.2. The molecule has 5 N–H and O–H groups in total. The Morgan fingerprint density at radius 3 is 1.21 bits per heavy atom. The van der Waals surface area contributed by atoms with Crippen LogP contribution in [0.5, 0.6) is 0 Å². The van der Waals surface area contributed by atoms with Crippen LogP contribution < -0.4 is 5.73 Å². The van der Waals surface area contributed by atoms with Crippen LogP contribution in [-0.2, 0) is 4.57 Å². The molecule has 0 saturated carbocycles. The van der Waals surface area contributed by atoms with Crippen LogP contribution in [0.1, 0.15) is 41.3 Å². The van der Waals surface area contributed by atoms with Crippen LogP contribution in [0.15, 0.2) is 91.0 Å². The van der Waals surface area contributed by atoms with Crippen molar-refractivity contribution in [2.75, 3.05) is 0 Å². The standard InChI is InChI=1S/C14H15O4P.C8H11N/c15-13(11-7-3-1-4-8-11)19(17,18)14(16)12-9-5-2-6-10-12;1-7(9)8-5-3-2-4-6-8/h1-10,13-16H,(H,17,18);2-7H,9H2,1H3/t13-,14-;7-/m10/s1. The molecule has 3 rings (SSSR count). The van der Waals surface area contributed by atoms with E-state index in [0.717, 1.165) is 0 Å². The highest BCUT2D eigenvalue weighted by molar-refractivity contribution is 7.58. The van der Waals surface area contributed by atoms with Gasteiger partial charge in [0.1, 0.15) is 0 Å². The van der Waals surface area contributed by atoms with Gasteiger partial charge >= 0.3 is 0 Å². The molecule has 3 aromatic rings. The molecule has 28 heavy (non-hydrogen) atoms. The van der Waals surface area contributed by atoms with Gasteiger partial charge in [-0.1, -0.05) is 91.0 Å². The summed E-state index contributed by atoms with van der Waals surface area (Å²) in [6.07, 6.45) is 0. The Labute approximate surface area is 165 Å². The second-order valence-corrected chi connectivity index (χ2v) is 8.76. The summed E-state index contributed by atoms with van der Waals surface area (Å²) in [7, 11) is -4.21. The Balaban J connectivity index is 0.000000261. The van der Waals surface area contributed by atoms with Crippen LogP contribution in [0.4, 0.5) is 0 Å². The molecule has 0 amide bonds. The summed E-state index contributed by atoms with van der Waals surface area (Å²) in [5.74, 6) is -3.21. The van der Waals surface area contributed by atoms with E-state index in [2.05, 4.69) is 0 Å².